The van der Waals surface area contributed by atoms with Crippen molar-refractivity contribution in [1.29, 1.82) is 0 Å². The van der Waals surface area contributed by atoms with Gasteiger partial charge in [-0.25, -0.2) is 0 Å². The summed E-state index contributed by atoms with van der Waals surface area (Å²) in [6, 6.07) is 6.39. The average Bonchev–Trinajstić information content (AvgIpc) is 2.99. The second kappa shape index (κ2) is 7.11. The Kier molecular flexibility index (Phi) is 4.95. The highest BCUT2D eigenvalue weighted by Crippen LogP contribution is 2.28. The molecule has 3 rings (SSSR count). The molecule has 1 saturated carbocycles. The van der Waals surface area contributed by atoms with Crippen LogP contribution in [-0.2, 0) is 17.6 Å². The average molecular weight is 286 g/mol. The molecule has 1 aromatic carbocycles. The van der Waals surface area contributed by atoms with Gasteiger partial charge in [0, 0.05) is 19.3 Å². The van der Waals surface area contributed by atoms with Crippen molar-refractivity contribution in [1.82, 2.24) is 0 Å². The van der Waals surface area contributed by atoms with E-state index < -0.39 is 0 Å². The number of Topliss-reactive ketones (excluding diaryl/α,β-unsaturated/α-hetero) is 1. The summed E-state index contributed by atoms with van der Waals surface area (Å²) in [6.45, 7) is 0.805. The fourth-order valence-corrected chi connectivity index (χ4v) is 3.65. The van der Waals surface area contributed by atoms with Gasteiger partial charge in [-0.3, -0.25) is 4.79 Å². The van der Waals surface area contributed by atoms with Crippen molar-refractivity contribution >= 4 is 5.78 Å². The zero-order chi connectivity index (χ0) is 14.5. The molecule has 2 nitrogen and oxygen atoms in total. The Morgan fingerprint density at radius 3 is 2.86 bits per heavy atom. The number of ketones is 1. The summed E-state index contributed by atoms with van der Waals surface area (Å²) in [7, 11) is 0. The van der Waals surface area contributed by atoms with Gasteiger partial charge in [0.15, 0.2) is 0 Å². The van der Waals surface area contributed by atoms with Crippen LogP contribution in [-0.4, -0.2) is 12.4 Å². The molecular weight excluding hydrogens is 260 g/mol. The van der Waals surface area contributed by atoms with E-state index >= 15 is 0 Å². The lowest BCUT2D eigenvalue weighted by molar-refractivity contribution is -0.119. The number of aryl methyl sites for hydroxylation is 1. The summed E-state index contributed by atoms with van der Waals surface area (Å²) in [6.07, 6.45) is 11.3. The topological polar surface area (TPSA) is 26.3 Å². The van der Waals surface area contributed by atoms with Gasteiger partial charge in [0.1, 0.15) is 11.5 Å². The van der Waals surface area contributed by atoms with Crippen molar-refractivity contribution in [2.75, 3.05) is 6.61 Å². The van der Waals surface area contributed by atoms with E-state index in [1.807, 2.05) is 0 Å². The number of carbonyl (C=O) groups excluding carboxylic acids is 1. The van der Waals surface area contributed by atoms with E-state index in [1.54, 1.807) is 0 Å². The van der Waals surface area contributed by atoms with E-state index in [2.05, 4.69) is 18.2 Å². The molecule has 1 aliphatic heterocycles. The van der Waals surface area contributed by atoms with Gasteiger partial charge in [0.2, 0.25) is 0 Å². The molecule has 21 heavy (non-hydrogen) atoms. The molecule has 0 N–H and O–H groups in total. The fraction of sp³-hybridized carbons (Fsp3) is 0.632. The van der Waals surface area contributed by atoms with E-state index in [-0.39, 0.29) is 0 Å². The van der Waals surface area contributed by atoms with Gasteiger partial charge >= 0.3 is 0 Å². The van der Waals surface area contributed by atoms with E-state index in [0.717, 1.165) is 44.0 Å². The van der Waals surface area contributed by atoms with Crippen molar-refractivity contribution < 1.29 is 9.53 Å². The lowest BCUT2D eigenvalue weighted by Gasteiger charge is -2.20. The predicted molar refractivity (Wildman–Crippen MR) is 84.8 cm³/mol. The Hall–Kier alpha value is -1.31. The first kappa shape index (κ1) is 14.6. The molecular formula is C19H26O2. The smallest absolute Gasteiger partial charge is 0.133 e. The monoisotopic (exact) mass is 286 g/mol. The van der Waals surface area contributed by atoms with Crippen LogP contribution in [0.4, 0.5) is 0 Å². The zero-order valence-electron chi connectivity index (χ0n) is 12.9. The van der Waals surface area contributed by atoms with Gasteiger partial charge in [0.25, 0.3) is 0 Å². The third-order valence-corrected chi connectivity index (χ3v) is 5.00. The largest absolute Gasteiger partial charge is 0.493 e. The molecule has 0 radical (unpaired) electrons. The number of carbonyl (C=O) groups is 1. The Bertz CT molecular complexity index is 486. The highest BCUT2D eigenvalue weighted by molar-refractivity contribution is 5.78. The Balaban J connectivity index is 1.41. The number of ether oxygens (including phenoxy) is 1. The van der Waals surface area contributed by atoms with Gasteiger partial charge in [-0.05, 0) is 36.0 Å². The van der Waals surface area contributed by atoms with E-state index in [4.69, 9.17) is 4.74 Å². The van der Waals surface area contributed by atoms with Crippen molar-refractivity contribution in [3.63, 3.8) is 0 Å². The van der Waals surface area contributed by atoms with E-state index in [9.17, 15) is 4.79 Å². The molecule has 1 aliphatic carbocycles. The third-order valence-electron chi connectivity index (χ3n) is 5.00. The summed E-state index contributed by atoms with van der Waals surface area (Å²) in [5.74, 6) is 2.29. The number of hydrogen-bond donors (Lipinski definition) is 0. The van der Waals surface area contributed by atoms with Gasteiger partial charge in [-0.2, -0.15) is 0 Å². The van der Waals surface area contributed by atoms with Crippen LogP contribution in [0.5, 0.6) is 5.75 Å². The van der Waals surface area contributed by atoms with Crippen molar-refractivity contribution in [3.8, 4) is 5.75 Å². The highest BCUT2D eigenvalue weighted by Gasteiger charge is 2.15. The van der Waals surface area contributed by atoms with Crippen LogP contribution in [0.3, 0.4) is 0 Å². The quantitative estimate of drug-likeness (QED) is 0.770. The maximum Gasteiger partial charge on any atom is 0.133 e. The maximum absolute atomic E-state index is 12.1. The van der Waals surface area contributed by atoms with Gasteiger partial charge < -0.3 is 4.74 Å². The number of hydrogen-bond acceptors (Lipinski definition) is 2. The molecule has 0 atom stereocenters. The highest BCUT2D eigenvalue weighted by atomic mass is 16.5. The molecule has 0 aromatic heterocycles. The Morgan fingerprint density at radius 1 is 1.14 bits per heavy atom. The lowest BCUT2D eigenvalue weighted by Crippen LogP contribution is -2.09. The molecule has 0 saturated heterocycles. The van der Waals surface area contributed by atoms with Crippen LogP contribution < -0.4 is 4.74 Å². The first-order chi connectivity index (χ1) is 10.3. The molecule has 0 spiro atoms. The second-order valence-corrected chi connectivity index (χ2v) is 6.62. The van der Waals surface area contributed by atoms with Gasteiger partial charge in [-0.1, -0.05) is 44.2 Å². The molecule has 0 bridgehead atoms. The minimum absolute atomic E-state index is 0.442. The van der Waals surface area contributed by atoms with E-state index in [0.29, 0.717) is 12.2 Å². The molecule has 114 valence electrons. The van der Waals surface area contributed by atoms with Crippen molar-refractivity contribution in [3.05, 3.63) is 29.3 Å². The number of rotatable bonds is 6. The fourth-order valence-electron chi connectivity index (χ4n) is 3.65. The number of benzene rings is 1. The lowest BCUT2D eigenvalue weighted by atomic mass is 9.85. The van der Waals surface area contributed by atoms with E-state index in [1.165, 1.54) is 43.2 Å². The summed E-state index contributed by atoms with van der Waals surface area (Å²) in [4.78, 5) is 12.1. The minimum Gasteiger partial charge on any atom is -0.493 e. The van der Waals surface area contributed by atoms with Crippen LogP contribution >= 0.6 is 0 Å². The maximum atomic E-state index is 12.1. The van der Waals surface area contributed by atoms with Crippen LogP contribution in [0.25, 0.3) is 0 Å². The molecule has 0 amide bonds. The summed E-state index contributed by atoms with van der Waals surface area (Å²) in [5, 5.41) is 0. The van der Waals surface area contributed by atoms with Gasteiger partial charge in [-0.15, -0.1) is 0 Å². The second-order valence-electron chi connectivity index (χ2n) is 6.62. The van der Waals surface area contributed by atoms with Crippen molar-refractivity contribution in [2.24, 2.45) is 5.92 Å². The zero-order valence-corrected chi connectivity index (χ0v) is 12.9. The molecule has 1 aromatic rings. The molecule has 2 heteroatoms. The van der Waals surface area contributed by atoms with Crippen LogP contribution in [0.15, 0.2) is 18.2 Å². The van der Waals surface area contributed by atoms with Crippen molar-refractivity contribution in [2.45, 2.75) is 64.2 Å². The third kappa shape index (κ3) is 4.09. The molecule has 2 aliphatic rings. The summed E-state index contributed by atoms with van der Waals surface area (Å²) >= 11 is 0. The first-order valence-electron chi connectivity index (χ1n) is 8.57. The standard InChI is InChI=1S/C19H26O2/c20-18(9-6-15-4-2-1-3-5-15)10-7-16-8-11-19-17(14-16)12-13-21-19/h8,11,14-15H,1-7,9-10,12-13H2. The number of fused-ring (bicyclic) bond motifs is 1. The molecule has 1 heterocycles. The van der Waals surface area contributed by atoms with Gasteiger partial charge in [0.05, 0.1) is 6.61 Å². The summed E-state index contributed by atoms with van der Waals surface area (Å²) < 4.78 is 5.52. The molecule has 0 unspecified atom stereocenters. The van der Waals surface area contributed by atoms with Crippen LogP contribution in [0, 0.1) is 5.92 Å². The normalized spacial score (nSPS) is 18.3. The summed E-state index contributed by atoms with van der Waals surface area (Å²) in [5.41, 5.74) is 2.59. The molecule has 1 fully saturated rings. The first-order valence-corrected chi connectivity index (χ1v) is 8.57. The SMILES string of the molecule is O=C(CCc1ccc2c(c1)CCO2)CCC1CCCCC1. The van der Waals surface area contributed by atoms with Crippen LogP contribution in [0.1, 0.15) is 62.5 Å². The Morgan fingerprint density at radius 2 is 2.00 bits per heavy atom. The van der Waals surface area contributed by atoms with Crippen LogP contribution in [0.2, 0.25) is 0 Å². The predicted octanol–water partition coefficient (Wildman–Crippen LogP) is 4.48. The minimum atomic E-state index is 0.442. The Labute approximate surface area is 127 Å².